The first-order chi connectivity index (χ1) is 9.08. The molecule has 2 nitrogen and oxygen atoms in total. The second-order valence-electron chi connectivity index (χ2n) is 5.97. The molecule has 106 valence electrons. The molecular formula is C16H25FN2. The molecule has 0 aliphatic heterocycles. The Labute approximate surface area is 116 Å². The van der Waals surface area contributed by atoms with E-state index < -0.39 is 0 Å². The van der Waals surface area contributed by atoms with Crippen LogP contribution in [-0.4, -0.2) is 30.6 Å². The summed E-state index contributed by atoms with van der Waals surface area (Å²) in [6.45, 7) is 6.13. The number of nitrogens with zero attached hydrogens (tertiary/aromatic N) is 1. The first kappa shape index (κ1) is 14.5. The molecule has 2 atom stereocenters. The van der Waals surface area contributed by atoms with E-state index in [2.05, 4.69) is 31.1 Å². The van der Waals surface area contributed by atoms with Crippen molar-refractivity contribution in [3.05, 3.63) is 35.6 Å². The minimum Gasteiger partial charge on any atom is -0.314 e. The topological polar surface area (TPSA) is 15.3 Å². The molecule has 0 saturated heterocycles. The standard InChI is InChI=1S/C16H25FN2/c1-12(2)18-10-13-8-9-16(13)19(3)11-14-6-4-5-7-15(14)17/h4-7,12-13,16,18H,8-11H2,1-3H3. The van der Waals surface area contributed by atoms with E-state index in [4.69, 9.17) is 0 Å². The predicted molar refractivity (Wildman–Crippen MR) is 77.5 cm³/mol. The molecule has 0 heterocycles. The van der Waals surface area contributed by atoms with Gasteiger partial charge in [0.15, 0.2) is 0 Å². The first-order valence-corrected chi connectivity index (χ1v) is 7.25. The molecule has 0 radical (unpaired) electrons. The number of benzene rings is 1. The van der Waals surface area contributed by atoms with Gasteiger partial charge in [-0.3, -0.25) is 4.90 Å². The highest BCUT2D eigenvalue weighted by Gasteiger charge is 2.33. The number of halogens is 1. The smallest absolute Gasteiger partial charge is 0.127 e. The van der Waals surface area contributed by atoms with E-state index in [0.29, 0.717) is 24.5 Å². The Hall–Kier alpha value is -0.930. The molecule has 0 aromatic heterocycles. The molecule has 1 aromatic rings. The van der Waals surface area contributed by atoms with Crippen molar-refractivity contribution >= 4 is 0 Å². The second-order valence-corrected chi connectivity index (χ2v) is 5.97. The van der Waals surface area contributed by atoms with Crippen molar-refractivity contribution in [2.75, 3.05) is 13.6 Å². The molecule has 0 amide bonds. The van der Waals surface area contributed by atoms with Gasteiger partial charge >= 0.3 is 0 Å². The Kier molecular flexibility index (Phi) is 4.94. The van der Waals surface area contributed by atoms with Crippen LogP contribution >= 0.6 is 0 Å². The lowest BCUT2D eigenvalue weighted by Crippen LogP contribution is -2.49. The third-order valence-electron chi connectivity index (χ3n) is 4.11. The minimum absolute atomic E-state index is 0.0921. The van der Waals surface area contributed by atoms with Gasteiger partial charge < -0.3 is 5.32 Å². The first-order valence-electron chi connectivity index (χ1n) is 7.25. The zero-order valence-corrected chi connectivity index (χ0v) is 12.2. The summed E-state index contributed by atoms with van der Waals surface area (Å²) in [4.78, 5) is 2.30. The van der Waals surface area contributed by atoms with Gasteiger partial charge in [-0.15, -0.1) is 0 Å². The fourth-order valence-corrected chi connectivity index (χ4v) is 2.77. The van der Waals surface area contributed by atoms with Crippen molar-refractivity contribution in [1.82, 2.24) is 10.2 Å². The van der Waals surface area contributed by atoms with Crippen LogP contribution in [0.25, 0.3) is 0 Å². The fourth-order valence-electron chi connectivity index (χ4n) is 2.77. The number of nitrogens with one attached hydrogen (secondary N) is 1. The van der Waals surface area contributed by atoms with Crippen molar-refractivity contribution in [2.45, 2.75) is 45.3 Å². The van der Waals surface area contributed by atoms with E-state index in [-0.39, 0.29) is 5.82 Å². The quantitative estimate of drug-likeness (QED) is 0.849. The summed E-state index contributed by atoms with van der Waals surface area (Å²) in [6.07, 6.45) is 2.52. The highest BCUT2D eigenvalue weighted by molar-refractivity contribution is 5.17. The van der Waals surface area contributed by atoms with E-state index in [1.807, 2.05) is 12.1 Å². The molecule has 0 spiro atoms. The largest absolute Gasteiger partial charge is 0.314 e. The Morgan fingerprint density at radius 1 is 1.32 bits per heavy atom. The maximum Gasteiger partial charge on any atom is 0.127 e. The summed E-state index contributed by atoms with van der Waals surface area (Å²) in [5, 5.41) is 3.51. The van der Waals surface area contributed by atoms with Crippen LogP contribution in [0.4, 0.5) is 4.39 Å². The van der Waals surface area contributed by atoms with Crippen LogP contribution in [0.5, 0.6) is 0 Å². The zero-order chi connectivity index (χ0) is 13.8. The van der Waals surface area contributed by atoms with E-state index in [9.17, 15) is 4.39 Å². The highest BCUT2D eigenvalue weighted by atomic mass is 19.1. The number of rotatable bonds is 6. The van der Waals surface area contributed by atoms with Gasteiger partial charge in [0, 0.05) is 24.2 Å². The van der Waals surface area contributed by atoms with E-state index >= 15 is 0 Å². The average molecular weight is 264 g/mol. The zero-order valence-electron chi connectivity index (χ0n) is 12.2. The molecule has 1 aromatic carbocycles. The van der Waals surface area contributed by atoms with Gasteiger partial charge in [-0.05, 0) is 38.4 Å². The Bertz CT molecular complexity index is 405. The highest BCUT2D eigenvalue weighted by Crippen LogP contribution is 2.32. The van der Waals surface area contributed by atoms with Crippen molar-refractivity contribution < 1.29 is 4.39 Å². The van der Waals surface area contributed by atoms with Gasteiger partial charge in [0.2, 0.25) is 0 Å². The number of hydrogen-bond acceptors (Lipinski definition) is 2. The van der Waals surface area contributed by atoms with Gasteiger partial charge in [-0.1, -0.05) is 32.0 Å². The maximum absolute atomic E-state index is 13.6. The molecule has 1 N–H and O–H groups in total. The monoisotopic (exact) mass is 264 g/mol. The van der Waals surface area contributed by atoms with Crippen LogP contribution in [0.2, 0.25) is 0 Å². The molecular weight excluding hydrogens is 239 g/mol. The molecule has 2 rings (SSSR count). The van der Waals surface area contributed by atoms with Crippen molar-refractivity contribution in [3.63, 3.8) is 0 Å². The Morgan fingerprint density at radius 3 is 2.63 bits per heavy atom. The lowest BCUT2D eigenvalue weighted by Gasteiger charge is -2.43. The summed E-state index contributed by atoms with van der Waals surface area (Å²) in [5.74, 6) is 0.615. The van der Waals surface area contributed by atoms with Crippen LogP contribution in [0, 0.1) is 11.7 Å². The molecule has 1 fully saturated rings. The molecule has 2 unspecified atom stereocenters. The van der Waals surface area contributed by atoms with E-state index in [1.165, 1.54) is 12.8 Å². The van der Waals surface area contributed by atoms with Crippen LogP contribution in [0.15, 0.2) is 24.3 Å². The second kappa shape index (κ2) is 6.49. The SMILES string of the molecule is CC(C)NCC1CCC1N(C)Cc1ccccc1F. The summed E-state index contributed by atoms with van der Waals surface area (Å²) in [5.41, 5.74) is 0.799. The minimum atomic E-state index is -0.0921. The summed E-state index contributed by atoms with van der Waals surface area (Å²) < 4.78 is 13.6. The van der Waals surface area contributed by atoms with Gasteiger partial charge in [0.05, 0.1) is 0 Å². The van der Waals surface area contributed by atoms with Gasteiger partial charge in [0.25, 0.3) is 0 Å². The number of hydrogen-bond donors (Lipinski definition) is 1. The van der Waals surface area contributed by atoms with Crippen LogP contribution in [0.1, 0.15) is 32.3 Å². The van der Waals surface area contributed by atoms with Gasteiger partial charge in [0.1, 0.15) is 5.82 Å². The fraction of sp³-hybridized carbons (Fsp3) is 0.625. The van der Waals surface area contributed by atoms with Crippen molar-refractivity contribution in [3.8, 4) is 0 Å². The van der Waals surface area contributed by atoms with Crippen LogP contribution < -0.4 is 5.32 Å². The molecule has 1 saturated carbocycles. The van der Waals surface area contributed by atoms with Crippen molar-refractivity contribution in [2.24, 2.45) is 5.92 Å². The van der Waals surface area contributed by atoms with Crippen LogP contribution in [-0.2, 0) is 6.54 Å². The lowest BCUT2D eigenvalue weighted by molar-refractivity contribution is 0.0760. The van der Waals surface area contributed by atoms with Crippen LogP contribution in [0.3, 0.4) is 0 Å². The normalized spacial score (nSPS) is 22.8. The summed E-state index contributed by atoms with van der Waals surface area (Å²) >= 11 is 0. The van der Waals surface area contributed by atoms with E-state index in [0.717, 1.165) is 12.1 Å². The molecule has 1 aliphatic rings. The Balaban J connectivity index is 1.86. The van der Waals surface area contributed by atoms with E-state index in [1.54, 1.807) is 12.1 Å². The predicted octanol–water partition coefficient (Wildman–Crippen LogP) is 3.03. The van der Waals surface area contributed by atoms with Gasteiger partial charge in [-0.2, -0.15) is 0 Å². The molecule has 0 bridgehead atoms. The third-order valence-corrected chi connectivity index (χ3v) is 4.11. The van der Waals surface area contributed by atoms with Crippen molar-refractivity contribution in [1.29, 1.82) is 0 Å². The average Bonchev–Trinajstić information content (AvgIpc) is 2.30. The maximum atomic E-state index is 13.6. The molecule has 19 heavy (non-hydrogen) atoms. The lowest BCUT2D eigenvalue weighted by atomic mass is 9.78. The summed E-state index contributed by atoms with van der Waals surface area (Å²) in [7, 11) is 2.11. The summed E-state index contributed by atoms with van der Waals surface area (Å²) in [6, 6.07) is 8.21. The third kappa shape index (κ3) is 3.77. The van der Waals surface area contributed by atoms with Gasteiger partial charge in [-0.25, -0.2) is 4.39 Å². The Morgan fingerprint density at radius 2 is 2.05 bits per heavy atom. The molecule has 3 heteroatoms. The molecule has 1 aliphatic carbocycles.